The average Bonchev–Trinajstić information content (AvgIpc) is 2.44. The lowest BCUT2D eigenvalue weighted by Crippen LogP contribution is -2.09. The third kappa shape index (κ3) is 4.55. The fraction of sp³-hybridized carbons (Fsp3) is 0.263. The van der Waals surface area contributed by atoms with Crippen LogP contribution in [0.5, 0.6) is 0 Å². The Balaban J connectivity index is 2.01. The van der Waals surface area contributed by atoms with E-state index in [4.69, 9.17) is 0 Å². The maximum Gasteiger partial charge on any atom is 0.249 e. The summed E-state index contributed by atoms with van der Waals surface area (Å²) in [6.07, 6.45) is 3.34. The predicted molar refractivity (Wildman–Crippen MR) is 91.9 cm³/mol. The molecule has 3 heteroatoms. The molecule has 1 amide bonds. The van der Waals surface area contributed by atoms with E-state index < -0.39 is 0 Å². The number of benzene rings is 1. The summed E-state index contributed by atoms with van der Waals surface area (Å²) in [7, 11) is 0. The molecular formula is C19H22N2O. The molecule has 1 N–H and O–H groups in total. The standard InChI is InChI=1S/C19H22N2O/c1-13(2)17-8-5-16(6-9-17)7-10-19(22)21-18-12-14(3)11-15(4)20-18/h5-13H,1-4H3,(H,20,21,22)/b10-7+. The largest absolute Gasteiger partial charge is 0.307 e. The van der Waals surface area contributed by atoms with Gasteiger partial charge < -0.3 is 5.32 Å². The van der Waals surface area contributed by atoms with Crippen LogP contribution < -0.4 is 5.32 Å². The van der Waals surface area contributed by atoms with E-state index in [-0.39, 0.29) is 5.91 Å². The highest BCUT2D eigenvalue weighted by atomic mass is 16.1. The first-order valence-corrected chi connectivity index (χ1v) is 7.48. The smallest absolute Gasteiger partial charge is 0.249 e. The Morgan fingerprint density at radius 2 is 1.82 bits per heavy atom. The fourth-order valence-electron chi connectivity index (χ4n) is 2.24. The van der Waals surface area contributed by atoms with E-state index in [1.165, 1.54) is 11.6 Å². The van der Waals surface area contributed by atoms with E-state index in [0.717, 1.165) is 16.8 Å². The van der Waals surface area contributed by atoms with Crippen LogP contribution >= 0.6 is 0 Å². The van der Waals surface area contributed by atoms with Gasteiger partial charge in [-0.15, -0.1) is 0 Å². The Bertz CT molecular complexity index is 665. The van der Waals surface area contributed by atoms with Gasteiger partial charge in [0.25, 0.3) is 0 Å². The van der Waals surface area contributed by atoms with Gasteiger partial charge in [-0.25, -0.2) is 4.98 Å². The van der Waals surface area contributed by atoms with Crippen molar-refractivity contribution in [3.8, 4) is 0 Å². The summed E-state index contributed by atoms with van der Waals surface area (Å²) in [5, 5.41) is 2.79. The molecule has 0 bridgehead atoms. The van der Waals surface area contributed by atoms with Crippen LogP contribution in [0.15, 0.2) is 42.5 Å². The third-order valence-corrected chi connectivity index (χ3v) is 3.38. The summed E-state index contributed by atoms with van der Waals surface area (Å²) in [5.41, 5.74) is 4.27. The second-order valence-corrected chi connectivity index (χ2v) is 5.82. The number of carbonyl (C=O) groups excluding carboxylic acids is 1. The highest BCUT2D eigenvalue weighted by Gasteiger charge is 2.01. The lowest BCUT2D eigenvalue weighted by molar-refractivity contribution is -0.111. The summed E-state index contributed by atoms with van der Waals surface area (Å²) < 4.78 is 0. The Morgan fingerprint density at radius 1 is 1.14 bits per heavy atom. The Hall–Kier alpha value is -2.42. The van der Waals surface area contributed by atoms with Crippen molar-refractivity contribution in [2.75, 3.05) is 5.32 Å². The van der Waals surface area contributed by atoms with Gasteiger partial charge in [0.2, 0.25) is 5.91 Å². The monoisotopic (exact) mass is 294 g/mol. The van der Waals surface area contributed by atoms with Crippen LogP contribution in [0.1, 0.15) is 42.1 Å². The van der Waals surface area contributed by atoms with Gasteiger partial charge in [0.05, 0.1) is 0 Å². The zero-order chi connectivity index (χ0) is 16.1. The Labute approximate surface area is 132 Å². The molecule has 0 atom stereocenters. The predicted octanol–water partition coefficient (Wildman–Crippen LogP) is 4.47. The minimum Gasteiger partial charge on any atom is -0.307 e. The van der Waals surface area contributed by atoms with Gasteiger partial charge in [0.15, 0.2) is 0 Å². The van der Waals surface area contributed by atoms with Crippen LogP contribution in [0.3, 0.4) is 0 Å². The molecular weight excluding hydrogens is 272 g/mol. The van der Waals surface area contributed by atoms with Crippen molar-refractivity contribution < 1.29 is 4.79 Å². The van der Waals surface area contributed by atoms with Crippen LogP contribution in [0.25, 0.3) is 6.08 Å². The molecule has 0 radical (unpaired) electrons. The summed E-state index contributed by atoms with van der Waals surface area (Å²) in [6.45, 7) is 8.22. The number of nitrogens with zero attached hydrogens (tertiary/aromatic N) is 1. The van der Waals surface area contributed by atoms with Crippen molar-refractivity contribution in [1.29, 1.82) is 0 Å². The first-order valence-electron chi connectivity index (χ1n) is 7.48. The molecule has 0 aliphatic rings. The van der Waals surface area contributed by atoms with Crippen LogP contribution in [0.4, 0.5) is 5.82 Å². The highest BCUT2D eigenvalue weighted by molar-refractivity contribution is 6.01. The third-order valence-electron chi connectivity index (χ3n) is 3.38. The molecule has 0 unspecified atom stereocenters. The molecule has 0 fully saturated rings. The topological polar surface area (TPSA) is 42.0 Å². The maximum absolute atomic E-state index is 11.9. The molecule has 0 aliphatic carbocycles. The molecule has 3 nitrogen and oxygen atoms in total. The number of hydrogen-bond acceptors (Lipinski definition) is 2. The molecule has 1 heterocycles. The summed E-state index contributed by atoms with van der Waals surface area (Å²) in [4.78, 5) is 16.2. The maximum atomic E-state index is 11.9. The van der Waals surface area contributed by atoms with Crippen molar-refractivity contribution in [1.82, 2.24) is 4.98 Å². The summed E-state index contributed by atoms with van der Waals surface area (Å²) in [5.74, 6) is 0.921. The zero-order valence-electron chi connectivity index (χ0n) is 13.6. The van der Waals surface area contributed by atoms with Gasteiger partial charge in [-0.1, -0.05) is 38.1 Å². The minimum absolute atomic E-state index is 0.176. The van der Waals surface area contributed by atoms with Crippen LogP contribution in [0.2, 0.25) is 0 Å². The molecule has 0 spiro atoms. The van der Waals surface area contributed by atoms with Gasteiger partial charge in [0, 0.05) is 11.8 Å². The number of anilines is 1. The van der Waals surface area contributed by atoms with Gasteiger partial charge in [0.1, 0.15) is 5.82 Å². The molecule has 0 saturated carbocycles. The number of hydrogen-bond donors (Lipinski definition) is 1. The van der Waals surface area contributed by atoms with E-state index in [2.05, 4.69) is 36.3 Å². The minimum atomic E-state index is -0.176. The van der Waals surface area contributed by atoms with Gasteiger partial charge >= 0.3 is 0 Å². The van der Waals surface area contributed by atoms with Gasteiger partial charge in [-0.05, 0) is 54.7 Å². The number of amides is 1. The van der Waals surface area contributed by atoms with Crippen molar-refractivity contribution in [2.45, 2.75) is 33.6 Å². The normalized spacial score (nSPS) is 11.1. The van der Waals surface area contributed by atoms with Crippen LogP contribution in [-0.2, 0) is 4.79 Å². The number of rotatable bonds is 4. The molecule has 1 aromatic carbocycles. The van der Waals surface area contributed by atoms with Crippen LogP contribution in [-0.4, -0.2) is 10.9 Å². The molecule has 2 aromatic rings. The second-order valence-electron chi connectivity index (χ2n) is 5.82. The van der Waals surface area contributed by atoms with E-state index >= 15 is 0 Å². The van der Waals surface area contributed by atoms with Gasteiger partial charge in [-0.3, -0.25) is 4.79 Å². The first-order chi connectivity index (χ1) is 10.4. The van der Waals surface area contributed by atoms with E-state index in [0.29, 0.717) is 11.7 Å². The van der Waals surface area contributed by atoms with Crippen molar-refractivity contribution in [3.63, 3.8) is 0 Å². The zero-order valence-corrected chi connectivity index (χ0v) is 13.6. The first kappa shape index (κ1) is 16.0. The van der Waals surface area contributed by atoms with E-state index in [1.54, 1.807) is 0 Å². The molecule has 22 heavy (non-hydrogen) atoms. The number of carbonyl (C=O) groups is 1. The molecule has 114 valence electrons. The number of pyridine rings is 1. The van der Waals surface area contributed by atoms with E-state index in [1.807, 2.05) is 44.2 Å². The number of aromatic nitrogens is 1. The number of aryl methyl sites for hydroxylation is 2. The Morgan fingerprint density at radius 3 is 2.41 bits per heavy atom. The molecule has 1 aromatic heterocycles. The quantitative estimate of drug-likeness (QED) is 0.845. The summed E-state index contributed by atoms with van der Waals surface area (Å²) in [6, 6.07) is 12.1. The lowest BCUT2D eigenvalue weighted by Gasteiger charge is -2.05. The highest BCUT2D eigenvalue weighted by Crippen LogP contribution is 2.15. The lowest BCUT2D eigenvalue weighted by atomic mass is 10.0. The van der Waals surface area contributed by atoms with Crippen molar-refractivity contribution in [3.05, 3.63) is 64.9 Å². The average molecular weight is 294 g/mol. The molecule has 2 rings (SSSR count). The number of nitrogens with one attached hydrogen (secondary N) is 1. The van der Waals surface area contributed by atoms with Gasteiger partial charge in [-0.2, -0.15) is 0 Å². The molecule has 0 aliphatic heterocycles. The Kier molecular flexibility index (Phi) is 5.10. The van der Waals surface area contributed by atoms with E-state index in [9.17, 15) is 4.79 Å². The second kappa shape index (κ2) is 7.03. The van der Waals surface area contributed by atoms with Crippen LogP contribution in [0, 0.1) is 13.8 Å². The fourth-order valence-corrected chi connectivity index (χ4v) is 2.24. The molecule has 0 saturated heterocycles. The SMILES string of the molecule is Cc1cc(C)nc(NC(=O)/C=C/c2ccc(C(C)C)cc2)c1. The van der Waals surface area contributed by atoms with Crippen molar-refractivity contribution in [2.24, 2.45) is 0 Å². The summed E-state index contributed by atoms with van der Waals surface area (Å²) >= 11 is 0. The van der Waals surface area contributed by atoms with Crippen molar-refractivity contribution >= 4 is 17.8 Å².